The van der Waals surface area contributed by atoms with Crippen molar-refractivity contribution in [2.75, 3.05) is 35.2 Å². The molecule has 3 atom stereocenters. The van der Waals surface area contributed by atoms with E-state index in [-0.39, 0.29) is 11.5 Å². The monoisotopic (exact) mass is 614 g/mol. The number of nitrogens with one attached hydrogen (secondary N) is 2. The highest BCUT2D eigenvalue weighted by Gasteiger charge is 2.35. The second-order valence-electron chi connectivity index (χ2n) is 13.1. The molecular formula is C32H41F3N6O3. The SMILES string of the molecule is CC(C)(C)COC(=O)Nc1cccc(-c2cnc(N[C@@H]3CCCC[C@H]3C[C@H]3CCCN(c4cnc(C(F)(F)F)nc4)C3)o2)c1. The van der Waals surface area contributed by atoms with Gasteiger partial charge in [-0.15, -0.1) is 0 Å². The molecule has 12 heteroatoms. The van der Waals surface area contributed by atoms with Crippen molar-refractivity contribution in [2.24, 2.45) is 17.3 Å². The molecule has 1 aromatic carbocycles. The zero-order valence-corrected chi connectivity index (χ0v) is 25.5. The van der Waals surface area contributed by atoms with Crippen molar-refractivity contribution in [1.29, 1.82) is 0 Å². The van der Waals surface area contributed by atoms with Gasteiger partial charge in [0.25, 0.3) is 6.01 Å². The Morgan fingerprint density at radius 2 is 1.82 bits per heavy atom. The van der Waals surface area contributed by atoms with Gasteiger partial charge >= 0.3 is 12.3 Å². The fraction of sp³-hybridized carbons (Fsp3) is 0.562. The van der Waals surface area contributed by atoms with E-state index in [1.54, 1.807) is 12.3 Å². The Balaban J connectivity index is 1.18. The Bertz CT molecular complexity index is 1390. The summed E-state index contributed by atoms with van der Waals surface area (Å²) in [6.07, 6.45) is 6.69. The van der Waals surface area contributed by atoms with Crippen LogP contribution >= 0.6 is 0 Å². The number of hydrogen-bond donors (Lipinski definition) is 2. The van der Waals surface area contributed by atoms with Gasteiger partial charge in [0.05, 0.1) is 30.9 Å². The summed E-state index contributed by atoms with van der Waals surface area (Å²) in [6, 6.07) is 8.03. The normalized spacial score (nSPS) is 21.1. The third kappa shape index (κ3) is 8.63. The lowest BCUT2D eigenvalue weighted by Gasteiger charge is -2.38. The van der Waals surface area contributed by atoms with Crippen LogP contribution in [0.3, 0.4) is 0 Å². The van der Waals surface area contributed by atoms with E-state index in [0.717, 1.165) is 57.2 Å². The van der Waals surface area contributed by atoms with Gasteiger partial charge in [-0.3, -0.25) is 5.32 Å². The second kappa shape index (κ2) is 13.4. The van der Waals surface area contributed by atoms with Gasteiger partial charge < -0.3 is 19.4 Å². The first-order chi connectivity index (χ1) is 20.9. The van der Waals surface area contributed by atoms with E-state index in [0.29, 0.717) is 41.6 Å². The molecule has 3 aromatic rings. The van der Waals surface area contributed by atoms with Crippen LogP contribution in [0.2, 0.25) is 0 Å². The van der Waals surface area contributed by atoms with Crippen molar-refractivity contribution in [3.8, 4) is 11.3 Å². The first kappa shape index (κ1) is 31.6. The quantitative estimate of drug-likeness (QED) is 0.263. The zero-order valence-electron chi connectivity index (χ0n) is 25.5. The first-order valence-electron chi connectivity index (χ1n) is 15.3. The fourth-order valence-electron chi connectivity index (χ4n) is 6.05. The molecule has 238 valence electrons. The van der Waals surface area contributed by atoms with Crippen LogP contribution in [0.25, 0.3) is 11.3 Å². The Morgan fingerprint density at radius 1 is 1.05 bits per heavy atom. The van der Waals surface area contributed by atoms with Gasteiger partial charge in [-0.25, -0.2) is 19.7 Å². The number of aromatic nitrogens is 3. The van der Waals surface area contributed by atoms with Crippen molar-refractivity contribution in [2.45, 2.75) is 77.9 Å². The molecule has 2 N–H and O–H groups in total. The van der Waals surface area contributed by atoms with Crippen molar-refractivity contribution in [3.63, 3.8) is 0 Å². The smallest absolute Gasteiger partial charge is 0.449 e. The molecule has 0 spiro atoms. The van der Waals surface area contributed by atoms with E-state index in [9.17, 15) is 18.0 Å². The van der Waals surface area contributed by atoms with Crippen LogP contribution in [0.5, 0.6) is 0 Å². The van der Waals surface area contributed by atoms with Gasteiger partial charge in [-0.1, -0.05) is 45.7 Å². The minimum Gasteiger partial charge on any atom is -0.449 e. The van der Waals surface area contributed by atoms with Crippen LogP contribution in [-0.4, -0.2) is 46.8 Å². The van der Waals surface area contributed by atoms with Gasteiger partial charge in [0.1, 0.15) is 0 Å². The van der Waals surface area contributed by atoms with Gasteiger partial charge in [-0.05, 0) is 61.5 Å². The average Bonchev–Trinajstić information content (AvgIpc) is 3.45. The van der Waals surface area contributed by atoms with Crippen molar-refractivity contribution >= 4 is 23.5 Å². The minimum atomic E-state index is -4.54. The lowest BCUT2D eigenvalue weighted by Crippen LogP contribution is -2.39. The number of rotatable bonds is 8. The molecule has 3 heterocycles. The molecule has 0 radical (unpaired) electrons. The molecule has 5 rings (SSSR count). The highest BCUT2D eigenvalue weighted by Crippen LogP contribution is 2.36. The topological polar surface area (TPSA) is 105 Å². The van der Waals surface area contributed by atoms with Crippen LogP contribution in [0.15, 0.2) is 47.3 Å². The van der Waals surface area contributed by atoms with E-state index in [2.05, 4.69) is 30.5 Å². The van der Waals surface area contributed by atoms with Crippen LogP contribution in [-0.2, 0) is 10.9 Å². The molecule has 0 bridgehead atoms. The summed E-state index contributed by atoms with van der Waals surface area (Å²) < 4.78 is 50.1. The third-order valence-corrected chi connectivity index (χ3v) is 8.17. The number of oxazole rings is 1. The summed E-state index contributed by atoms with van der Waals surface area (Å²) in [5.41, 5.74) is 1.90. The van der Waals surface area contributed by atoms with Gasteiger partial charge in [-0.2, -0.15) is 13.2 Å². The lowest BCUT2D eigenvalue weighted by molar-refractivity contribution is -0.145. The lowest BCUT2D eigenvalue weighted by atomic mass is 9.77. The Hall–Kier alpha value is -3.83. The van der Waals surface area contributed by atoms with Gasteiger partial charge in [0.2, 0.25) is 5.82 Å². The largest absolute Gasteiger partial charge is 0.451 e. The summed E-state index contributed by atoms with van der Waals surface area (Å²) in [4.78, 5) is 25.9. The van der Waals surface area contributed by atoms with E-state index < -0.39 is 18.1 Å². The maximum Gasteiger partial charge on any atom is 0.451 e. The van der Waals surface area contributed by atoms with Crippen LogP contribution in [0.1, 0.15) is 71.5 Å². The highest BCUT2D eigenvalue weighted by molar-refractivity contribution is 5.85. The molecule has 1 amide bonds. The predicted octanol–water partition coefficient (Wildman–Crippen LogP) is 8.02. The summed E-state index contributed by atoms with van der Waals surface area (Å²) >= 11 is 0. The van der Waals surface area contributed by atoms with Crippen LogP contribution < -0.4 is 15.5 Å². The number of carbonyl (C=O) groups is 1. The Labute approximate surface area is 256 Å². The summed E-state index contributed by atoms with van der Waals surface area (Å²) in [7, 11) is 0. The van der Waals surface area contributed by atoms with E-state index in [1.165, 1.54) is 18.8 Å². The molecule has 9 nitrogen and oxygen atoms in total. The average molecular weight is 615 g/mol. The number of alkyl halides is 3. The number of anilines is 3. The molecule has 2 fully saturated rings. The summed E-state index contributed by atoms with van der Waals surface area (Å²) in [6.45, 7) is 7.86. The number of hydrogen-bond acceptors (Lipinski definition) is 8. The van der Waals surface area contributed by atoms with E-state index >= 15 is 0 Å². The molecule has 0 unspecified atom stereocenters. The molecule has 2 aliphatic rings. The number of benzene rings is 1. The molecule has 1 saturated carbocycles. The molecule has 44 heavy (non-hydrogen) atoms. The molecule has 1 aliphatic heterocycles. The fourth-order valence-corrected chi connectivity index (χ4v) is 6.05. The summed E-state index contributed by atoms with van der Waals surface area (Å²) in [5, 5.41) is 6.31. The minimum absolute atomic E-state index is 0.124. The number of nitrogens with zero attached hydrogens (tertiary/aromatic N) is 4. The Kier molecular flexibility index (Phi) is 9.65. The standard InChI is InChI=1S/C32H41F3N6O3/c1-31(2,3)20-43-30(42)39-24-11-6-10-23(15-24)27-18-38-29(44-27)40-26-12-5-4-9-22(26)14-21-8-7-13-41(19-21)25-16-36-28(37-17-25)32(33,34)35/h6,10-11,15-18,21-22,26H,4-5,7-9,12-14,19-20H2,1-3H3,(H,38,40)(H,39,42)/t21-,22+,26-/m1/s1. The Morgan fingerprint density at radius 3 is 2.57 bits per heavy atom. The predicted molar refractivity (Wildman–Crippen MR) is 162 cm³/mol. The summed E-state index contributed by atoms with van der Waals surface area (Å²) in [5.74, 6) is 0.331. The van der Waals surface area contributed by atoms with Crippen molar-refractivity contribution in [3.05, 3.63) is 48.7 Å². The zero-order chi connectivity index (χ0) is 31.3. The van der Waals surface area contributed by atoms with Gasteiger partial charge in [0.15, 0.2) is 5.76 Å². The van der Waals surface area contributed by atoms with E-state index in [1.807, 2.05) is 39.0 Å². The van der Waals surface area contributed by atoms with Crippen LogP contribution in [0, 0.1) is 17.3 Å². The molecule has 1 saturated heterocycles. The number of halogens is 3. The number of amides is 1. The second-order valence-corrected chi connectivity index (χ2v) is 13.1. The van der Waals surface area contributed by atoms with E-state index in [4.69, 9.17) is 9.15 Å². The van der Waals surface area contributed by atoms with Gasteiger partial charge in [0, 0.05) is 30.4 Å². The number of carbonyl (C=O) groups excluding carboxylic acids is 1. The maximum absolute atomic E-state index is 12.9. The first-order valence-corrected chi connectivity index (χ1v) is 15.3. The number of ether oxygens (including phenoxy) is 1. The molecule has 2 aromatic heterocycles. The molecular weight excluding hydrogens is 573 g/mol. The molecule has 1 aliphatic carbocycles. The third-order valence-electron chi connectivity index (χ3n) is 8.17. The van der Waals surface area contributed by atoms with Crippen LogP contribution in [0.4, 0.5) is 35.4 Å². The van der Waals surface area contributed by atoms with Crippen molar-refractivity contribution in [1.82, 2.24) is 15.0 Å². The maximum atomic E-state index is 12.9. The highest BCUT2D eigenvalue weighted by atomic mass is 19.4. The number of piperidine rings is 1. The van der Waals surface area contributed by atoms with Crippen molar-refractivity contribution < 1.29 is 27.1 Å².